The Balaban J connectivity index is 2.32. The summed E-state index contributed by atoms with van der Waals surface area (Å²) in [4.78, 5) is 27.6. The first kappa shape index (κ1) is 15.9. The van der Waals surface area contributed by atoms with E-state index < -0.39 is 30.1 Å². The van der Waals surface area contributed by atoms with Gasteiger partial charge in [0, 0.05) is 25.9 Å². The van der Waals surface area contributed by atoms with E-state index >= 15 is 0 Å². The minimum atomic E-state index is -5.00. The van der Waals surface area contributed by atoms with E-state index in [1.807, 2.05) is 0 Å². The topological polar surface area (TPSA) is 52.0 Å². The van der Waals surface area contributed by atoms with E-state index in [-0.39, 0.29) is 11.4 Å². The fraction of sp³-hybridized carbons (Fsp3) is 0.267. The zero-order valence-electron chi connectivity index (χ0n) is 11.7. The summed E-state index contributed by atoms with van der Waals surface area (Å²) >= 11 is 0. The molecule has 0 aliphatic heterocycles. The predicted octanol–water partition coefficient (Wildman–Crippen LogP) is 2.91. The summed E-state index contributed by atoms with van der Waals surface area (Å²) in [5, 5.41) is 0. The lowest BCUT2D eigenvalue weighted by Crippen LogP contribution is -2.31. The molecule has 1 aromatic carbocycles. The molecule has 1 atom stereocenters. The van der Waals surface area contributed by atoms with Crippen LogP contribution in [0.25, 0.3) is 0 Å². The van der Waals surface area contributed by atoms with E-state index in [1.54, 1.807) is 13.1 Å². The maximum atomic E-state index is 12.8. The van der Waals surface area contributed by atoms with Crippen LogP contribution in [-0.4, -0.2) is 27.3 Å². The zero-order chi connectivity index (χ0) is 16.3. The summed E-state index contributed by atoms with van der Waals surface area (Å²) in [6.45, 7) is 0. The molecule has 1 unspecified atom stereocenters. The first-order valence-corrected chi connectivity index (χ1v) is 6.47. The number of imidazole rings is 1. The number of benzene rings is 1. The van der Waals surface area contributed by atoms with Gasteiger partial charge in [-0.25, -0.2) is 4.98 Å². The predicted molar refractivity (Wildman–Crippen MR) is 72.4 cm³/mol. The average molecular weight is 310 g/mol. The van der Waals surface area contributed by atoms with Crippen LogP contribution in [-0.2, 0) is 11.8 Å². The van der Waals surface area contributed by atoms with Crippen LogP contribution in [0.4, 0.5) is 13.2 Å². The van der Waals surface area contributed by atoms with Crippen LogP contribution >= 0.6 is 0 Å². The lowest BCUT2D eigenvalue weighted by molar-refractivity contribution is -0.172. The van der Waals surface area contributed by atoms with Crippen molar-refractivity contribution in [3.8, 4) is 0 Å². The number of Topliss-reactive ketones (excluding diaryl/α,β-unsaturated/α-hetero) is 2. The molecule has 0 radical (unpaired) electrons. The number of aromatic nitrogens is 2. The van der Waals surface area contributed by atoms with Crippen LogP contribution in [0, 0.1) is 0 Å². The molecule has 0 fully saturated rings. The van der Waals surface area contributed by atoms with Crippen molar-refractivity contribution in [2.75, 3.05) is 0 Å². The second-order valence-corrected chi connectivity index (χ2v) is 4.81. The van der Waals surface area contributed by atoms with Gasteiger partial charge in [-0.05, 0) is 5.56 Å². The highest BCUT2D eigenvalue weighted by molar-refractivity contribution is 5.99. The molecule has 0 bridgehead atoms. The van der Waals surface area contributed by atoms with Crippen molar-refractivity contribution >= 4 is 11.6 Å². The summed E-state index contributed by atoms with van der Waals surface area (Å²) in [6, 6.07) is 7.48. The van der Waals surface area contributed by atoms with Crippen molar-refractivity contribution in [3.63, 3.8) is 0 Å². The summed E-state index contributed by atoms with van der Waals surface area (Å²) in [7, 11) is 1.56. The number of carbonyl (C=O) groups is 2. The van der Waals surface area contributed by atoms with E-state index in [9.17, 15) is 22.8 Å². The molecule has 1 heterocycles. The van der Waals surface area contributed by atoms with Gasteiger partial charge in [-0.15, -0.1) is 0 Å². The highest BCUT2D eigenvalue weighted by atomic mass is 19.4. The highest BCUT2D eigenvalue weighted by Crippen LogP contribution is 2.30. The molecule has 0 saturated carbocycles. The highest BCUT2D eigenvalue weighted by Gasteiger charge is 2.44. The second-order valence-electron chi connectivity index (χ2n) is 4.81. The molecule has 0 saturated heterocycles. The number of aryl methyl sites for hydroxylation is 1. The minimum Gasteiger partial charge on any atom is -0.332 e. The van der Waals surface area contributed by atoms with Crippen molar-refractivity contribution in [1.29, 1.82) is 0 Å². The molecule has 1 aromatic heterocycles. The fourth-order valence-corrected chi connectivity index (χ4v) is 2.16. The Hall–Kier alpha value is -2.44. The van der Waals surface area contributed by atoms with Gasteiger partial charge < -0.3 is 4.57 Å². The van der Waals surface area contributed by atoms with Gasteiger partial charge in [0.05, 0.1) is 5.92 Å². The number of carbonyl (C=O) groups excluding carboxylic acids is 2. The number of rotatable bonds is 5. The lowest BCUT2D eigenvalue weighted by Gasteiger charge is -2.17. The Morgan fingerprint density at radius 3 is 2.36 bits per heavy atom. The molecule has 0 N–H and O–H groups in total. The molecule has 116 valence electrons. The summed E-state index contributed by atoms with van der Waals surface area (Å²) in [5.74, 6) is -4.08. The van der Waals surface area contributed by atoms with Crippen LogP contribution in [0.15, 0.2) is 42.7 Å². The van der Waals surface area contributed by atoms with Gasteiger partial charge in [0.1, 0.15) is 0 Å². The Bertz CT molecular complexity index is 678. The number of hydrogen-bond acceptors (Lipinski definition) is 3. The molecule has 2 aromatic rings. The van der Waals surface area contributed by atoms with Gasteiger partial charge in [0.15, 0.2) is 11.6 Å². The normalized spacial score (nSPS) is 12.9. The summed E-state index contributed by atoms with van der Waals surface area (Å²) < 4.78 is 39.7. The minimum absolute atomic E-state index is 0.0240. The van der Waals surface area contributed by atoms with E-state index in [1.165, 1.54) is 41.2 Å². The SMILES string of the molecule is Cn1ccnc1C(=O)CC(C(=O)C(F)(F)F)c1ccccc1. The number of alkyl halides is 3. The third kappa shape index (κ3) is 3.41. The first-order chi connectivity index (χ1) is 10.3. The van der Waals surface area contributed by atoms with Crippen LogP contribution in [0.3, 0.4) is 0 Å². The molecule has 7 heteroatoms. The maximum Gasteiger partial charge on any atom is 0.450 e. The van der Waals surface area contributed by atoms with E-state index in [4.69, 9.17) is 0 Å². The summed E-state index contributed by atoms with van der Waals surface area (Å²) in [5.41, 5.74) is 0.160. The molecule has 0 spiro atoms. The second kappa shape index (κ2) is 6.13. The van der Waals surface area contributed by atoms with Gasteiger partial charge in [-0.1, -0.05) is 30.3 Å². The van der Waals surface area contributed by atoms with Crippen LogP contribution in [0.1, 0.15) is 28.5 Å². The van der Waals surface area contributed by atoms with Crippen molar-refractivity contribution in [1.82, 2.24) is 9.55 Å². The Morgan fingerprint density at radius 1 is 1.23 bits per heavy atom. The summed E-state index contributed by atoms with van der Waals surface area (Å²) in [6.07, 6.45) is -2.69. The Morgan fingerprint density at radius 2 is 1.86 bits per heavy atom. The van der Waals surface area contributed by atoms with E-state index in [0.717, 1.165) is 0 Å². The van der Waals surface area contributed by atoms with Gasteiger partial charge >= 0.3 is 6.18 Å². The van der Waals surface area contributed by atoms with E-state index in [0.29, 0.717) is 0 Å². The lowest BCUT2D eigenvalue weighted by atomic mass is 9.89. The van der Waals surface area contributed by atoms with Gasteiger partial charge in [-0.2, -0.15) is 13.2 Å². The molecular formula is C15H13F3N2O2. The molecule has 0 aliphatic carbocycles. The third-order valence-corrected chi connectivity index (χ3v) is 3.26. The number of halogens is 3. The molecule has 0 amide bonds. The third-order valence-electron chi connectivity index (χ3n) is 3.26. The molecule has 0 aliphatic rings. The number of hydrogen-bond donors (Lipinski definition) is 0. The monoisotopic (exact) mass is 310 g/mol. The zero-order valence-corrected chi connectivity index (χ0v) is 11.7. The van der Waals surface area contributed by atoms with Crippen molar-refractivity contribution < 1.29 is 22.8 Å². The van der Waals surface area contributed by atoms with Gasteiger partial charge in [0.2, 0.25) is 5.78 Å². The first-order valence-electron chi connectivity index (χ1n) is 6.47. The number of ketones is 2. The largest absolute Gasteiger partial charge is 0.450 e. The Kier molecular flexibility index (Phi) is 4.44. The molecule has 22 heavy (non-hydrogen) atoms. The van der Waals surface area contributed by atoms with Crippen LogP contribution < -0.4 is 0 Å². The van der Waals surface area contributed by atoms with Gasteiger partial charge in [-0.3, -0.25) is 9.59 Å². The smallest absolute Gasteiger partial charge is 0.332 e. The molecule has 4 nitrogen and oxygen atoms in total. The number of nitrogens with zero attached hydrogens (tertiary/aromatic N) is 2. The van der Waals surface area contributed by atoms with E-state index in [2.05, 4.69) is 4.98 Å². The quantitative estimate of drug-likeness (QED) is 0.798. The van der Waals surface area contributed by atoms with Gasteiger partial charge in [0.25, 0.3) is 0 Å². The standard InChI is InChI=1S/C15H13F3N2O2/c1-20-8-7-19-14(20)12(21)9-11(13(22)15(16,17)18)10-5-3-2-4-6-10/h2-8,11H,9H2,1H3. The van der Waals surface area contributed by atoms with Crippen molar-refractivity contribution in [2.45, 2.75) is 18.5 Å². The van der Waals surface area contributed by atoms with Crippen LogP contribution in [0.2, 0.25) is 0 Å². The van der Waals surface area contributed by atoms with Crippen LogP contribution in [0.5, 0.6) is 0 Å². The maximum absolute atomic E-state index is 12.8. The fourth-order valence-electron chi connectivity index (χ4n) is 2.16. The molecule has 2 rings (SSSR count). The Labute approximate surface area is 124 Å². The average Bonchev–Trinajstić information content (AvgIpc) is 2.90. The molecular weight excluding hydrogens is 297 g/mol. The van der Waals surface area contributed by atoms with Crippen molar-refractivity contribution in [2.24, 2.45) is 7.05 Å². The van der Waals surface area contributed by atoms with Crippen molar-refractivity contribution in [3.05, 3.63) is 54.1 Å².